The minimum absolute atomic E-state index is 0.0656. The number of amides is 1. The zero-order valence-corrected chi connectivity index (χ0v) is 20.9. The highest BCUT2D eigenvalue weighted by Gasteiger charge is 2.86. The van der Waals surface area contributed by atoms with Crippen molar-refractivity contribution < 1.29 is 42.8 Å². The quantitative estimate of drug-likeness (QED) is 0.591. The van der Waals surface area contributed by atoms with E-state index in [9.17, 15) is 14.4 Å². The lowest BCUT2D eigenvalue weighted by Gasteiger charge is -2.44. The molecule has 0 saturated carbocycles. The minimum atomic E-state index is -1.66. The number of nitrogens with zero attached hydrogens (tertiary/aromatic N) is 1. The van der Waals surface area contributed by atoms with Gasteiger partial charge in [-0.1, -0.05) is 0 Å². The highest BCUT2D eigenvalue weighted by atomic mass is 16.7. The van der Waals surface area contributed by atoms with Gasteiger partial charge in [-0.15, -0.1) is 0 Å². The van der Waals surface area contributed by atoms with Gasteiger partial charge in [0.15, 0.2) is 17.1 Å². The van der Waals surface area contributed by atoms with E-state index in [0.29, 0.717) is 29.8 Å². The van der Waals surface area contributed by atoms with Crippen LogP contribution >= 0.6 is 0 Å². The SMILES string of the molecule is COC1=C(OC)C(=O)[C@@]23O[C@@]2(C[C@H]2c4c(cc(OC)c(OC)c43)CCN2C(=O)OC(C)(C)C)C1=O. The number of rotatable bonds is 4. The number of Topliss-reactive ketones (excluding diaryl/α,β-unsaturated/α-hetero) is 2. The Morgan fingerprint density at radius 2 is 1.69 bits per heavy atom. The Bertz CT molecular complexity index is 1200. The summed E-state index contributed by atoms with van der Waals surface area (Å²) < 4.78 is 33.8. The molecule has 0 spiro atoms. The number of carbonyl (C=O) groups excluding carboxylic acids is 3. The predicted octanol–water partition coefficient (Wildman–Crippen LogP) is 2.56. The van der Waals surface area contributed by atoms with Crippen LogP contribution in [0.4, 0.5) is 4.79 Å². The van der Waals surface area contributed by atoms with Gasteiger partial charge in [0.05, 0.1) is 34.5 Å². The fourth-order valence-corrected chi connectivity index (χ4v) is 5.81. The van der Waals surface area contributed by atoms with Crippen molar-refractivity contribution in [3.8, 4) is 11.5 Å². The molecule has 2 aliphatic heterocycles. The van der Waals surface area contributed by atoms with Crippen molar-refractivity contribution in [2.45, 2.75) is 56.5 Å². The summed E-state index contributed by atoms with van der Waals surface area (Å²) in [5.74, 6) is -0.756. The van der Waals surface area contributed by atoms with Crippen LogP contribution in [0.3, 0.4) is 0 Å². The van der Waals surface area contributed by atoms with Crippen molar-refractivity contribution in [2.24, 2.45) is 0 Å². The van der Waals surface area contributed by atoms with E-state index >= 15 is 0 Å². The van der Waals surface area contributed by atoms with Crippen molar-refractivity contribution in [3.05, 3.63) is 34.3 Å². The number of ketones is 2. The Morgan fingerprint density at radius 3 is 2.26 bits per heavy atom. The Hall–Kier alpha value is -3.27. The summed E-state index contributed by atoms with van der Waals surface area (Å²) in [4.78, 5) is 42.5. The standard InChI is InChI=1S/C25H29NO9/c1-23(2,3)34-22(29)26-9-8-12-10-14(30-4)17(31-5)16-15(12)13(26)11-24-20(27)18(32-6)19(33-7)21(28)25(16,24)35-24/h10,13H,8-9,11H2,1-7H3/t13-,24-,25+/m0/s1. The Morgan fingerprint density at radius 1 is 1.03 bits per heavy atom. The average Bonchev–Trinajstić information content (AvgIpc) is 3.52. The molecule has 1 amide bonds. The third-order valence-corrected chi connectivity index (χ3v) is 7.16. The van der Waals surface area contributed by atoms with Gasteiger partial charge in [-0.25, -0.2) is 4.79 Å². The van der Waals surface area contributed by atoms with Crippen LogP contribution in [0.1, 0.15) is 49.9 Å². The lowest BCUT2D eigenvalue weighted by atomic mass is 9.64. The highest BCUT2D eigenvalue weighted by molar-refractivity contribution is 6.22. The van der Waals surface area contributed by atoms with E-state index in [1.54, 1.807) is 25.7 Å². The molecule has 1 fully saturated rings. The minimum Gasteiger partial charge on any atom is -0.493 e. The van der Waals surface area contributed by atoms with Crippen LogP contribution in [0, 0.1) is 0 Å². The number of hydrogen-bond donors (Lipinski definition) is 0. The number of carbonyl (C=O) groups is 3. The molecule has 0 unspecified atom stereocenters. The summed E-state index contributed by atoms with van der Waals surface area (Å²) in [7, 11) is 5.57. The molecule has 1 aromatic rings. The number of hydrogen-bond acceptors (Lipinski definition) is 9. The van der Waals surface area contributed by atoms with Gasteiger partial charge < -0.3 is 33.3 Å². The van der Waals surface area contributed by atoms with Crippen molar-refractivity contribution in [2.75, 3.05) is 35.0 Å². The second-order valence-electron chi connectivity index (χ2n) is 10.0. The third-order valence-electron chi connectivity index (χ3n) is 7.16. The molecule has 35 heavy (non-hydrogen) atoms. The molecule has 1 saturated heterocycles. The van der Waals surface area contributed by atoms with E-state index in [4.69, 9.17) is 28.4 Å². The van der Waals surface area contributed by atoms with Crippen molar-refractivity contribution in [1.82, 2.24) is 4.90 Å². The van der Waals surface area contributed by atoms with E-state index < -0.39 is 40.5 Å². The molecule has 4 aliphatic rings. The second-order valence-corrected chi connectivity index (χ2v) is 10.0. The van der Waals surface area contributed by atoms with Gasteiger partial charge in [-0.3, -0.25) is 9.59 Å². The summed E-state index contributed by atoms with van der Waals surface area (Å²) in [5, 5.41) is 0. The normalized spacial score (nSPS) is 28.5. The summed E-state index contributed by atoms with van der Waals surface area (Å²) in [5.41, 5.74) is -1.94. The maximum atomic E-state index is 13.9. The highest BCUT2D eigenvalue weighted by Crippen LogP contribution is 2.72. The molecule has 1 aromatic carbocycles. The maximum absolute atomic E-state index is 13.9. The average molecular weight is 488 g/mol. The lowest BCUT2D eigenvalue weighted by Crippen LogP contribution is -2.53. The lowest BCUT2D eigenvalue weighted by molar-refractivity contribution is -0.131. The molecular formula is C25H29NO9. The van der Waals surface area contributed by atoms with Gasteiger partial charge >= 0.3 is 6.09 Å². The summed E-state index contributed by atoms with van der Waals surface area (Å²) >= 11 is 0. The first-order valence-corrected chi connectivity index (χ1v) is 11.4. The van der Waals surface area contributed by atoms with Gasteiger partial charge in [0.25, 0.3) is 0 Å². The van der Waals surface area contributed by atoms with E-state index in [0.717, 1.165) is 5.56 Å². The zero-order valence-electron chi connectivity index (χ0n) is 20.9. The molecule has 0 bridgehead atoms. The molecule has 2 aliphatic carbocycles. The van der Waals surface area contributed by atoms with Crippen molar-refractivity contribution >= 4 is 17.7 Å². The van der Waals surface area contributed by atoms with Gasteiger partial charge in [0.1, 0.15) is 5.60 Å². The van der Waals surface area contributed by atoms with Crippen LogP contribution in [0.2, 0.25) is 0 Å². The monoisotopic (exact) mass is 487 g/mol. The van der Waals surface area contributed by atoms with Crippen LogP contribution in [-0.4, -0.2) is 68.7 Å². The van der Waals surface area contributed by atoms with Crippen molar-refractivity contribution in [1.29, 1.82) is 0 Å². The first kappa shape index (κ1) is 23.5. The van der Waals surface area contributed by atoms with Crippen LogP contribution in [0.25, 0.3) is 0 Å². The second kappa shape index (κ2) is 7.36. The molecule has 10 heteroatoms. The maximum Gasteiger partial charge on any atom is 0.410 e. The van der Waals surface area contributed by atoms with Crippen LogP contribution < -0.4 is 9.47 Å². The predicted molar refractivity (Wildman–Crippen MR) is 120 cm³/mol. The first-order chi connectivity index (χ1) is 16.5. The number of epoxide rings is 1. The van der Waals surface area contributed by atoms with Gasteiger partial charge in [-0.05, 0) is 44.4 Å². The third kappa shape index (κ3) is 2.83. The largest absolute Gasteiger partial charge is 0.493 e. The van der Waals surface area contributed by atoms with Crippen LogP contribution in [0.15, 0.2) is 17.6 Å². The van der Waals surface area contributed by atoms with Gasteiger partial charge in [-0.2, -0.15) is 0 Å². The van der Waals surface area contributed by atoms with Crippen LogP contribution in [0.5, 0.6) is 11.5 Å². The topological polar surface area (TPSA) is 113 Å². The van der Waals surface area contributed by atoms with E-state index in [-0.39, 0.29) is 23.7 Å². The fourth-order valence-electron chi connectivity index (χ4n) is 5.81. The molecule has 0 aromatic heterocycles. The molecule has 0 N–H and O–H groups in total. The Kier molecular flexibility index (Phi) is 4.94. The van der Waals surface area contributed by atoms with E-state index in [1.807, 2.05) is 6.07 Å². The zero-order chi connectivity index (χ0) is 25.5. The summed E-state index contributed by atoms with van der Waals surface area (Å²) in [6.07, 6.45) is 0.0592. The van der Waals surface area contributed by atoms with Gasteiger partial charge in [0.2, 0.25) is 28.7 Å². The van der Waals surface area contributed by atoms with E-state index in [2.05, 4.69) is 0 Å². The molecule has 188 valence electrons. The number of benzene rings is 1. The molecular weight excluding hydrogens is 458 g/mol. The fraction of sp³-hybridized carbons (Fsp3) is 0.560. The molecule has 0 radical (unpaired) electrons. The molecule has 10 nitrogen and oxygen atoms in total. The van der Waals surface area contributed by atoms with Gasteiger partial charge in [0, 0.05) is 18.5 Å². The Balaban J connectivity index is 1.78. The molecule has 3 atom stereocenters. The van der Waals surface area contributed by atoms with Crippen LogP contribution in [-0.2, 0) is 40.6 Å². The Labute approximate surface area is 203 Å². The smallest absolute Gasteiger partial charge is 0.410 e. The number of methoxy groups -OCH3 is 4. The summed E-state index contributed by atoms with van der Waals surface area (Å²) in [6, 6.07) is 1.27. The molecule has 2 heterocycles. The first-order valence-electron chi connectivity index (χ1n) is 11.4. The summed E-state index contributed by atoms with van der Waals surface area (Å²) in [6.45, 7) is 5.74. The number of ether oxygens (including phenoxy) is 6. The van der Waals surface area contributed by atoms with E-state index in [1.165, 1.54) is 28.4 Å². The molecule has 5 rings (SSSR count). The van der Waals surface area contributed by atoms with Crippen molar-refractivity contribution in [3.63, 3.8) is 0 Å².